The molecule has 0 saturated heterocycles. The molecule has 0 saturated carbocycles. The number of hydrogen-bond acceptors (Lipinski definition) is 9. The first-order valence-electron chi connectivity index (χ1n) is 11.9. The quantitative estimate of drug-likeness (QED) is 0.135. The Hall–Kier alpha value is -3.57. The van der Waals surface area contributed by atoms with E-state index < -0.39 is 10.3 Å². The second-order valence-corrected chi connectivity index (χ2v) is 12.8. The fraction of sp³-hybridized carbons (Fsp3) is 0.296. The summed E-state index contributed by atoms with van der Waals surface area (Å²) < 4.78 is 1.55. The van der Waals surface area contributed by atoms with Crippen molar-refractivity contribution in [2.24, 2.45) is 5.41 Å². The van der Waals surface area contributed by atoms with Crippen LogP contribution in [0.25, 0.3) is 5.69 Å². The predicted molar refractivity (Wildman–Crippen MR) is 147 cm³/mol. The molecule has 198 valence electrons. The van der Waals surface area contributed by atoms with Crippen molar-refractivity contribution >= 4 is 29.2 Å². The number of aromatic nitrogens is 4. The number of hydrogen-bond donors (Lipinski definition) is 2. The van der Waals surface area contributed by atoms with E-state index in [1.165, 1.54) is 23.9 Å². The molecule has 4 rings (SSSR count). The molecule has 9 nitrogen and oxygen atoms in total. The number of nitrogens with zero attached hydrogens (tertiary/aromatic N) is 5. The Morgan fingerprint density at radius 3 is 2.21 bits per heavy atom. The van der Waals surface area contributed by atoms with Gasteiger partial charge in [-0.15, -0.1) is 5.10 Å². The second kappa shape index (κ2) is 10.7. The number of rotatable bonds is 8. The zero-order valence-electron chi connectivity index (χ0n) is 21.7. The van der Waals surface area contributed by atoms with Crippen molar-refractivity contribution in [2.75, 3.05) is 0 Å². The van der Waals surface area contributed by atoms with Gasteiger partial charge < -0.3 is 10.2 Å². The van der Waals surface area contributed by atoms with E-state index in [0.717, 1.165) is 23.9 Å². The van der Waals surface area contributed by atoms with E-state index in [2.05, 4.69) is 36.3 Å². The van der Waals surface area contributed by atoms with E-state index in [-0.39, 0.29) is 22.6 Å². The third-order valence-corrected chi connectivity index (χ3v) is 8.09. The van der Waals surface area contributed by atoms with Gasteiger partial charge in [0.15, 0.2) is 0 Å². The summed E-state index contributed by atoms with van der Waals surface area (Å²) in [5.41, 5.74) is 0.845. The molecule has 0 unspecified atom stereocenters. The zero-order valence-corrected chi connectivity index (χ0v) is 23.4. The number of tetrazole rings is 1. The summed E-state index contributed by atoms with van der Waals surface area (Å²) in [6.07, 6.45) is 0.757. The molecule has 1 heterocycles. The van der Waals surface area contributed by atoms with Crippen molar-refractivity contribution < 1.29 is 15.1 Å². The Bertz CT molecular complexity index is 1450. The Morgan fingerprint density at radius 2 is 1.61 bits per heavy atom. The first-order valence-corrected chi connectivity index (χ1v) is 13.5. The summed E-state index contributed by atoms with van der Waals surface area (Å²) in [5.74, 6) is 0.0263. The average molecular weight is 552 g/mol. The summed E-state index contributed by atoms with van der Waals surface area (Å²) in [5, 5.41) is 46.5. The summed E-state index contributed by atoms with van der Waals surface area (Å²) in [4.78, 5) is 12.1. The van der Waals surface area contributed by atoms with Crippen LogP contribution in [0.5, 0.6) is 11.5 Å². The molecule has 0 radical (unpaired) electrons. The molecule has 0 fully saturated rings. The van der Waals surface area contributed by atoms with Gasteiger partial charge in [0.2, 0.25) is 5.16 Å². The van der Waals surface area contributed by atoms with Crippen LogP contribution < -0.4 is 0 Å². The molecule has 3 aromatic carbocycles. The van der Waals surface area contributed by atoms with Gasteiger partial charge in [0.1, 0.15) is 11.5 Å². The van der Waals surface area contributed by atoms with Gasteiger partial charge in [-0.2, -0.15) is 4.68 Å². The molecule has 0 aliphatic rings. The van der Waals surface area contributed by atoms with Gasteiger partial charge in [0.05, 0.1) is 20.4 Å². The van der Waals surface area contributed by atoms with E-state index in [1.807, 2.05) is 44.2 Å². The minimum Gasteiger partial charge on any atom is -0.507 e. The first-order chi connectivity index (χ1) is 17.9. The van der Waals surface area contributed by atoms with Crippen LogP contribution >= 0.6 is 23.5 Å². The molecule has 0 aliphatic carbocycles. The Labute approximate surface area is 229 Å². The normalized spacial score (nSPS) is 12.0. The number of aromatic hydroxyl groups is 2. The fourth-order valence-corrected chi connectivity index (χ4v) is 6.57. The minimum atomic E-state index is -0.460. The van der Waals surface area contributed by atoms with Crippen LogP contribution in [-0.4, -0.2) is 35.3 Å². The van der Waals surface area contributed by atoms with Crippen LogP contribution in [0.1, 0.15) is 46.6 Å². The maximum atomic E-state index is 11.6. The average Bonchev–Trinajstić information content (AvgIpc) is 3.31. The van der Waals surface area contributed by atoms with Gasteiger partial charge in [0.25, 0.3) is 5.69 Å². The maximum absolute atomic E-state index is 11.6. The summed E-state index contributed by atoms with van der Waals surface area (Å²) >= 11 is 2.35. The van der Waals surface area contributed by atoms with Crippen molar-refractivity contribution in [3.05, 3.63) is 76.3 Å². The van der Waals surface area contributed by atoms with Gasteiger partial charge >= 0.3 is 0 Å². The smallest absolute Gasteiger partial charge is 0.269 e. The van der Waals surface area contributed by atoms with Crippen molar-refractivity contribution in [3.63, 3.8) is 0 Å². The largest absolute Gasteiger partial charge is 0.507 e. The van der Waals surface area contributed by atoms with Gasteiger partial charge in [-0.3, -0.25) is 10.1 Å². The topological polar surface area (TPSA) is 127 Å². The molecule has 2 N–H and O–H groups in total. The minimum absolute atomic E-state index is 0.0168. The van der Waals surface area contributed by atoms with Crippen LogP contribution in [0, 0.1) is 15.5 Å². The molecule has 11 heteroatoms. The number of phenols is 2. The lowest BCUT2D eigenvalue weighted by Gasteiger charge is -2.34. The van der Waals surface area contributed by atoms with Crippen LogP contribution in [0.2, 0.25) is 0 Å². The third-order valence-electron chi connectivity index (χ3n) is 5.79. The van der Waals surface area contributed by atoms with E-state index >= 15 is 0 Å². The Kier molecular flexibility index (Phi) is 7.70. The van der Waals surface area contributed by atoms with Crippen LogP contribution in [0.4, 0.5) is 5.69 Å². The first kappa shape index (κ1) is 27.5. The monoisotopic (exact) mass is 551 g/mol. The molecular formula is C27H29N5O4S2. The molecular weight excluding hydrogens is 522 g/mol. The number of nitro groups is 1. The number of non-ortho nitro benzene ring substituents is 1. The van der Waals surface area contributed by atoms with E-state index in [1.54, 1.807) is 22.9 Å². The maximum Gasteiger partial charge on any atom is 0.269 e. The van der Waals surface area contributed by atoms with E-state index in [4.69, 9.17) is 0 Å². The van der Waals surface area contributed by atoms with Crippen LogP contribution in [-0.2, 0) is 5.41 Å². The third kappa shape index (κ3) is 6.11. The molecule has 38 heavy (non-hydrogen) atoms. The molecule has 0 amide bonds. The highest BCUT2D eigenvalue weighted by atomic mass is 32.2. The highest BCUT2D eigenvalue weighted by molar-refractivity contribution is 8.02. The van der Waals surface area contributed by atoms with Gasteiger partial charge in [-0.25, -0.2) is 0 Å². The zero-order chi connectivity index (χ0) is 27.7. The summed E-state index contributed by atoms with van der Waals surface area (Å²) in [6.45, 7) is 10.5. The van der Waals surface area contributed by atoms with Crippen LogP contribution in [0.15, 0.2) is 80.5 Å². The molecule has 0 atom stereocenters. The van der Waals surface area contributed by atoms with Gasteiger partial charge in [-0.05, 0) is 69.8 Å². The Morgan fingerprint density at radius 1 is 0.947 bits per heavy atom. The van der Waals surface area contributed by atoms with E-state index in [0.29, 0.717) is 25.4 Å². The molecule has 4 aromatic rings. The van der Waals surface area contributed by atoms with Crippen molar-refractivity contribution in [2.45, 2.75) is 66.3 Å². The van der Waals surface area contributed by atoms with Crippen molar-refractivity contribution in [1.29, 1.82) is 0 Å². The lowest BCUT2D eigenvalue weighted by atomic mass is 9.72. The van der Waals surface area contributed by atoms with Gasteiger partial charge in [0, 0.05) is 22.6 Å². The highest BCUT2D eigenvalue weighted by Crippen LogP contribution is 2.53. The van der Waals surface area contributed by atoms with Crippen molar-refractivity contribution in [3.8, 4) is 17.2 Å². The summed E-state index contributed by atoms with van der Waals surface area (Å²) in [7, 11) is 0. The molecule has 0 aliphatic heterocycles. The fourth-order valence-electron chi connectivity index (χ4n) is 4.57. The number of nitro benzene ring substituents is 1. The number of phenolic OH excluding ortho intramolecular Hbond substituents is 2. The van der Waals surface area contributed by atoms with Crippen LogP contribution in [0.3, 0.4) is 0 Å². The number of para-hydroxylation sites is 1. The molecule has 0 spiro atoms. The predicted octanol–water partition coefficient (Wildman–Crippen LogP) is 7.00. The lowest BCUT2D eigenvalue weighted by molar-refractivity contribution is -0.384. The van der Waals surface area contributed by atoms with Gasteiger partial charge in [-0.1, -0.05) is 64.6 Å². The number of benzene rings is 3. The lowest BCUT2D eigenvalue weighted by Crippen LogP contribution is -2.25. The highest BCUT2D eigenvalue weighted by Gasteiger charge is 2.33. The van der Waals surface area contributed by atoms with Crippen molar-refractivity contribution in [1.82, 2.24) is 20.2 Å². The molecule has 0 bridgehead atoms. The standard InChI is InChI=1S/C27H29N5O4S2/c1-26(2,3)16-27(4,5)20-15-21(33)23(38-25-28-29-30-31(25)17-9-7-6-8-10-17)24(22(20)34)37-19-13-11-18(12-14-19)32(35)36/h6-15,33-34H,16H2,1-5H3. The summed E-state index contributed by atoms with van der Waals surface area (Å²) in [6, 6.07) is 17.0. The van der Waals surface area contributed by atoms with E-state index in [9.17, 15) is 20.3 Å². The Balaban J connectivity index is 1.83. The SMILES string of the molecule is CC(C)(C)CC(C)(C)c1cc(O)c(Sc2nnnn2-c2ccccc2)c(Sc2ccc([N+](=O)[O-])cc2)c1O. The second-order valence-electron chi connectivity index (χ2n) is 10.7. The molecule has 1 aromatic heterocycles.